The summed E-state index contributed by atoms with van der Waals surface area (Å²) in [7, 11) is 0. The molecule has 1 heterocycles. The molecule has 2 aromatic rings. The number of hydrogen-bond donors (Lipinski definition) is 1. The third kappa shape index (κ3) is 5.54. The number of carbonyl (C=O) groups excluding carboxylic acids is 2. The topological polar surface area (TPSA) is 71.5 Å². The molecule has 6 heteroatoms. The van der Waals surface area contributed by atoms with Crippen LogP contribution >= 0.6 is 0 Å². The van der Waals surface area contributed by atoms with Gasteiger partial charge in [0.25, 0.3) is 5.91 Å². The third-order valence-electron chi connectivity index (χ3n) is 4.23. The van der Waals surface area contributed by atoms with E-state index in [-0.39, 0.29) is 5.91 Å². The van der Waals surface area contributed by atoms with Crippen LogP contribution < -0.4 is 10.2 Å². The quantitative estimate of drug-likeness (QED) is 0.724. The van der Waals surface area contributed by atoms with Crippen LogP contribution in [0.3, 0.4) is 0 Å². The second-order valence-electron chi connectivity index (χ2n) is 6.22. The molecule has 0 saturated heterocycles. The number of amides is 1. The summed E-state index contributed by atoms with van der Waals surface area (Å²) in [5, 5.41) is 2.89. The summed E-state index contributed by atoms with van der Waals surface area (Å²) >= 11 is 0. The van der Waals surface area contributed by atoms with Gasteiger partial charge in [-0.1, -0.05) is 12.1 Å². The lowest BCUT2D eigenvalue weighted by Crippen LogP contribution is -2.35. The van der Waals surface area contributed by atoms with Crippen LogP contribution in [0.1, 0.15) is 46.0 Å². The Kier molecular flexibility index (Phi) is 7.34. The van der Waals surface area contributed by atoms with E-state index in [0.717, 1.165) is 12.2 Å². The number of anilines is 1. The molecule has 0 radical (unpaired) electrons. The maximum Gasteiger partial charge on any atom is 0.339 e. The van der Waals surface area contributed by atoms with E-state index in [0.29, 0.717) is 36.6 Å². The number of nitrogens with one attached hydrogen (secondary N) is 1. The molecule has 1 amide bonds. The van der Waals surface area contributed by atoms with Crippen LogP contribution in [0.15, 0.2) is 36.4 Å². The number of rotatable bonds is 8. The summed E-state index contributed by atoms with van der Waals surface area (Å²) in [5.74, 6) is -0.681. The molecule has 1 aromatic carbocycles. The number of pyridine rings is 1. The van der Waals surface area contributed by atoms with Gasteiger partial charge in [-0.3, -0.25) is 4.79 Å². The van der Waals surface area contributed by atoms with Gasteiger partial charge in [-0.15, -0.1) is 0 Å². The zero-order valence-corrected chi connectivity index (χ0v) is 16.4. The van der Waals surface area contributed by atoms with E-state index >= 15 is 0 Å². The number of carbonyl (C=O) groups is 2. The smallest absolute Gasteiger partial charge is 0.339 e. The van der Waals surface area contributed by atoms with Gasteiger partial charge < -0.3 is 15.0 Å². The third-order valence-corrected chi connectivity index (χ3v) is 4.23. The molecule has 0 aliphatic heterocycles. The van der Waals surface area contributed by atoms with Crippen LogP contribution in [-0.2, 0) is 4.74 Å². The number of likely N-dealkylation sites (N-methyl/N-ethyl adjacent to an activating group) is 1. The fourth-order valence-corrected chi connectivity index (χ4v) is 2.80. The van der Waals surface area contributed by atoms with Crippen molar-refractivity contribution in [3.8, 4) is 0 Å². The maximum atomic E-state index is 12.4. The van der Waals surface area contributed by atoms with E-state index in [1.807, 2.05) is 6.07 Å². The maximum absolute atomic E-state index is 12.4. The monoisotopic (exact) mass is 369 g/mol. The highest BCUT2D eigenvalue weighted by molar-refractivity contribution is 5.95. The van der Waals surface area contributed by atoms with E-state index in [1.54, 1.807) is 26.0 Å². The Morgan fingerprint density at radius 3 is 2.56 bits per heavy atom. The van der Waals surface area contributed by atoms with Gasteiger partial charge in [-0.25, -0.2) is 9.78 Å². The van der Waals surface area contributed by atoms with Gasteiger partial charge in [0, 0.05) is 25.3 Å². The van der Waals surface area contributed by atoms with E-state index < -0.39 is 5.97 Å². The minimum atomic E-state index is -0.425. The second kappa shape index (κ2) is 9.71. The van der Waals surface area contributed by atoms with Gasteiger partial charge in [-0.05, 0) is 57.5 Å². The molecule has 0 bridgehead atoms. The first-order valence-electron chi connectivity index (χ1n) is 9.20. The predicted octanol–water partition coefficient (Wildman–Crippen LogP) is 3.13. The Hall–Kier alpha value is -2.89. The van der Waals surface area contributed by atoms with Gasteiger partial charge in [0.05, 0.1) is 17.9 Å². The first-order chi connectivity index (χ1) is 13.0. The van der Waals surface area contributed by atoms with Crippen molar-refractivity contribution in [3.05, 3.63) is 58.9 Å². The molecule has 1 N–H and O–H groups in total. The summed E-state index contributed by atoms with van der Waals surface area (Å²) in [6.45, 7) is 9.95. The lowest BCUT2D eigenvalue weighted by atomic mass is 10.2. The standard InChI is InChI=1S/C21H27N3O3/c1-5-24(17-9-7-8-15(3)14-17)13-12-22-20(25)19-11-10-18(16(4)23-19)21(26)27-6-2/h7-11,14H,5-6,12-13H2,1-4H3,(H,22,25). The molecular weight excluding hydrogens is 342 g/mol. The Labute approximate surface area is 160 Å². The van der Waals surface area contributed by atoms with Crippen LogP contribution in [0, 0.1) is 13.8 Å². The fraction of sp³-hybridized carbons (Fsp3) is 0.381. The van der Waals surface area contributed by atoms with Gasteiger partial charge in [-0.2, -0.15) is 0 Å². The lowest BCUT2D eigenvalue weighted by Gasteiger charge is -2.23. The van der Waals surface area contributed by atoms with E-state index in [9.17, 15) is 9.59 Å². The number of aromatic nitrogens is 1. The fourth-order valence-electron chi connectivity index (χ4n) is 2.80. The first-order valence-corrected chi connectivity index (χ1v) is 9.20. The summed E-state index contributed by atoms with van der Waals surface area (Å²) < 4.78 is 4.98. The van der Waals surface area contributed by atoms with Crippen molar-refractivity contribution in [2.24, 2.45) is 0 Å². The summed E-state index contributed by atoms with van der Waals surface area (Å²) in [6, 6.07) is 11.4. The lowest BCUT2D eigenvalue weighted by molar-refractivity contribution is 0.0524. The van der Waals surface area contributed by atoms with Gasteiger partial charge in [0.2, 0.25) is 0 Å². The Morgan fingerprint density at radius 1 is 1.15 bits per heavy atom. The summed E-state index contributed by atoms with van der Waals surface area (Å²) in [4.78, 5) is 30.6. The number of ether oxygens (including phenoxy) is 1. The first kappa shape index (κ1) is 20.4. The number of esters is 1. The van der Waals surface area contributed by atoms with Gasteiger partial charge in [0.15, 0.2) is 0 Å². The number of benzene rings is 1. The predicted molar refractivity (Wildman–Crippen MR) is 106 cm³/mol. The normalized spacial score (nSPS) is 10.4. The average molecular weight is 369 g/mol. The molecule has 1 aromatic heterocycles. The zero-order chi connectivity index (χ0) is 19.8. The SMILES string of the molecule is CCOC(=O)c1ccc(C(=O)NCCN(CC)c2cccc(C)c2)nc1C. The molecule has 0 aliphatic carbocycles. The largest absolute Gasteiger partial charge is 0.462 e. The minimum absolute atomic E-state index is 0.256. The number of hydrogen-bond acceptors (Lipinski definition) is 5. The van der Waals surface area contributed by atoms with Crippen molar-refractivity contribution in [2.45, 2.75) is 27.7 Å². The molecule has 0 atom stereocenters. The molecule has 0 unspecified atom stereocenters. The van der Waals surface area contributed by atoms with E-state index in [4.69, 9.17) is 4.74 Å². The number of aryl methyl sites for hydroxylation is 2. The van der Waals surface area contributed by atoms with Crippen LogP contribution in [0.4, 0.5) is 5.69 Å². The van der Waals surface area contributed by atoms with Crippen molar-refractivity contribution in [3.63, 3.8) is 0 Å². The molecule has 6 nitrogen and oxygen atoms in total. The molecule has 0 saturated carbocycles. The Bertz CT molecular complexity index is 805. The van der Waals surface area contributed by atoms with Crippen molar-refractivity contribution < 1.29 is 14.3 Å². The van der Waals surface area contributed by atoms with Crippen molar-refractivity contribution in [1.82, 2.24) is 10.3 Å². The molecular formula is C21H27N3O3. The highest BCUT2D eigenvalue weighted by Gasteiger charge is 2.15. The van der Waals surface area contributed by atoms with Crippen LogP contribution in [0.5, 0.6) is 0 Å². The van der Waals surface area contributed by atoms with E-state index in [1.165, 1.54) is 5.56 Å². The summed E-state index contributed by atoms with van der Waals surface area (Å²) in [6.07, 6.45) is 0. The average Bonchev–Trinajstić information content (AvgIpc) is 2.65. The molecule has 144 valence electrons. The molecule has 27 heavy (non-hydrogen) atoms. The molecule has 0 aliphatic rings. The highest BCUT2D eigenvalue weighted by atomic mass is 16.5. The zero-order valence-electron chi connectivity index (χ0n) is 16.4. The van der Waals surface area contributed by atoms with Crippen LogP contribution in [0.25, 0.3) is 0 Å². The Morgan fingerprint density at radius 2 is 1.93 bits per heavy atom. The molecule has 0 fully saturated rings. The van der Waals surface area contributed by atoms with Crippen LogP contribution in [-0.4, -0.2) is 43.1 Å². The summed E-state index contributed by atoms with van der Waals surface area (Å²) in [5.41, 5.74) is 3.50. The Balaban J connectivity index is 1.95. The molecule has 0 spiro atoms. The van der Waals surface area contributed by atoms with Gasteiger partial charge in [0.1, 0.15) is 5.69 Å². The molecule has 2 rings (SSSR count). The highest BCUT2D eigenvalue weighted by Crippen LogP contribution is 2.15. The van der Waals surface area contributed by atoms with Crippen molar-refractivity contribution in [1.29, 1.82) is 0 Å². The number of nitrogens with zero attached hydrogens (tertiary/aromatic N) is 2. The van der Waals surface area contributed by atoms with Crippen molar-refractivity contribution >= 4 is 17.6 Å². The van der Waals surface area contributed by atoms with Gasteiger partial charge >= 0.3 is 5.97 Å². The minimum Gasteiger partial charge on any atom is -0.462 e. The van der Waals surface area contributed by atoms with Crippen molar-refractivity contribution in [2.75, 3.05) is 31.1 Å². The van der Waals surface area contributed by atoms with E-state index in [2.05, 4.69) is 47.2 Å². The second-order valence-corrected chi connectivity index (χ2v) is 6.22. The van der Waals surface area contributed by atoms with Crippen LogP contribution in [0.2, 0.25) is 0 Å².